The van der Waals surface area contributed by atoms with Crippen LogP contribution in [0.4, 0.5) is 0 Å². The molecule has 0 saturated heterocycles. The van der Waals surface area contributed by atoms with Crippen molar-refractivity contribution in [2.45, 2.75) is 26.0 Å². The number of hydrogen-bond acceptors (Lipinski definition) is 2. The number of hydrogen-bond donors (Lipinski definition) is 1. The summed E-state index contributed by atoms with van der Waals surface area (Å²) >= 11 is 3.46. The molecule has 2 nitrogen and oxygen atoms in total. The molecule has 0 aliphatic rings. The van der Waals surface area contributed by atoms with Crippen molar-refractivity contribution in [3.8, 4) is 5.75 Å². The molecule has 0 amide bonds. The van der Waals surface area contributed by atoms with Gasteiger partial charge in [-0.2, -0.15) is 0 Å². The smallest absolute Gasteiger partial charge is 0.138 e. The molecule has 0 fully saturated rings. The van der Waals surface area contributed by atoms with E-state index in [1.54, 1.807) is 0 Å². The molecule has 0 aliphatic heterocycles. The number of halogens is 1. The zero-order valence-electron chi connectivity index (χ0n) is 11.1. The molecule has 0 aromatic heterocycles. The van der Waals surface area contributed by atoms with Crippen LogP contribution < -0.4 is 10.5 Å². The van der Waals surface area contributed by atoms with Crippen molar-refractivity contribution < 1.29 is 4.74 Å². The van der Waals surface area contributed by atoms with Gasteiger partial charge in [-0.05, 0) is 43.2 Å². The lowest BCUT2D eigenvalue weighted by Crippen LogP contribution is -2.29. The second-order valence-electron chi connectivity index (χ2n) is 4.72. The van der Waals surface area contributed by atoms with Gasteiger partial charge >= 0.3 is 0 Å². The van der Waals surface area contributed by atoms with Crippen LogP contribution in [0.3, 0.4) is 0 Å². The molecule has 0 bridgehead atoms. The minimum atomic E-state index is -0.138. The third kappa shape index (κ3) is 3.58. The first kappa shape index (κ1) is 14.1. The van der Waals surface area contributed by atoms with Crippen molar-refractivity contribution in [3.05, 3.63) is 64.1 Å². The van der Waals surface area contributed by atoms with E-state index < -0.39 is 0 Å². The molecule has 2 aromatic rings. The maximum Gasteiger partial charge on any atom is 0.138 e. The van der Waals surface area contributed by atoms with Crippen molar-refractivity contribution in [2.75, 3.05) is 0 Å². The molecule has 0 heterocycles. The average Bonchev–Trinajstić information content (AvgIpc) is 2.38. The van der Waals surface area contributed by atoms with Gasteiger partial charge in [0, 0.05) is 10.5 Å². The van der Waals surface area contributed by atoms with Crippen LogP contribution >= 0.6 is 15.9 Å². The lowest BCUT2D eigenvalue weighted by atomic mass is 10.0. The highest BCUT2D eigenvalue weighted by Gasteiger charge is 2.18. The van der Waals surface area contributed by atoms with Gasteiger partial charge in [-0.3, -0.25) is 0 Å². The normalized spacial score (nSPS) is 13.9. The fraction of sp³-hybridized carbons (Fsp3) is 0.250. The minimum absolute atomic E-state index is 0.0783. The van der Waals surface area contributed by atoms with Crippen LogP contribution in [0, 0.1) is 6.92 Å². The highest BCUT2D eigenvalue weighted by atomic mass is 79.9. The number of rotatable bonds is 4. The van der Waals surface area contributed by atoms with Crippen LogP contribution in [0.1, 0.15) is 24.2 Å². The Labute approximate surface area is 122 Å². The van der Waals surface area contributed by atoms with E-state index in [1.807, 2.05) is 62.4 Å². The summed E-state index contributed by atoms with van der Waals surface area (Å²) in [4.78, 5) is 0. The van der Waals surface area contributed by atoms with Gasteiger partial charge in [0.2, 0.25) is 0 Å². The van der Waals surface area contributed by atoms with E-state index in [0.717, 1.165) is 21.3 Å². The summed E-state index contributed by atoms with van der Waals surface area (Å²) in [5.41, 5.74) is 8.25. The Kier molecular flexibility index (Phi) is 4.61. The lowest BCUT2D eigenvalue weighted by Gasteiger charge is -2.24. The van der Waals surface area contributed by atoms with E-state index >= 15 is 0 Å². The Morgan fingerprint density at radius 1 is 1.11 bits per heavy atom. The largest absolute Gasteiger partial charge is 0.484 e. The molecule has 19 heavy (non-hydrogen) atoms. The predicted octanol–water partition coefficient (Wildman–Crippen LogP) is 4.22. The van der Waals surface area contributed by atoms with Crippen LogP contribution in [-0.2, 0) is 0 Å². The number of nitrogens with two attached hydrogens (primary N) is 1. The first-order valence-corrected chi connectivity index (χ1v) is 7.10. The van der Waals surface area contributed by atoms with E-state index in [9.17, 15) is 0 Å². The molecule has 100 valence electrons. The Morgan fingerprint density at radius 2 is 1.79 bits per heavy atom. The lowest BCUT2D eigenvalue weighted by molar-refractivity contribution is 0.179. The van der Waals surface area contributed by atoms with Gasteiger partial charge in [-0.1, -0.05) is 46.3 Å². The van der Waals surface area contributed by atoms with Gasteiger partial charge in [0.1, 0.15) is 11.9 Å². The van der Waals surface area contributed by atoms with Gasteiger partial charge in [-0.15, -0.1) is 0 Å². The summed E-state index contributed by atoms with van der Waals surface area (Å²) in [5, 5.41) is 0. The van der Waals surface area contributed by atoms with Crippen LogP contribution in [0.5, 0.6) is 5.75 Å². The van der Waals surface area contributed by atoms with Crippen LogP contribution in [0.2, 0.25) is 0 Å². The summed E-state index contributed by atoms with van der Waals surface area (Å²) in [6.45, 7) is 4.00. The first-order valence-electron chi connectivity index (χ1n) is 6.31. The van der Waals surface area contributed by atoms with Gasteiger partial charge in [-0.25, -0.2) is 0 Å². The van der Waals surface area contributed by atoms with Gasteiger partial charge in [0.05, 0.1) is 0 Å². The Balaban J connectivity index is 2.27. The Hall–Kier alpha value is -1.32. The third-order valence-electron chi connectivity index (χ3n) is 3.00. The Bertz CT molecular complexity index is 540. The maximum absolute atomic E-state index is 6.10. The first-order chi connectivity index (χ1) is 9.08. The highest BCUT2D eigenvalue weighted by molar-refractivity contribution is 9.10. The van der Waals surface area contributed by atoms with Crippen LogP contribution in [0.15, 0.2) is 53.0 Å². The topological polar surface area (TPSA) is 35.2 Å². The van der Waals surface area contributed by atoms with E-state index in [0.29, 0.717) is 0 Å². The van der Waals surface area contributed by atoms with Crippen molar-refractivity contribution in [1.29, 1.82) is 0 Å². The molecule has 0 spiro atoms. The molecule has 3 heteroatoms. The zero-order chi connectivity index (χ0) is 13.8. The summed E-state index contributed by atoms with van der Waals surface area (Å²) < 4.78 is 7.15. The second kappa shape index (κ2) is 6.22. The van der Waals surface area contributed by atoms with Crippen LogP contribution in [-0.4, -0.2) is 6.04 Å². The molecule has 0 aliphatic carbocycles. The van der Waals surface area contributed by atoms with E-state index in [1.165, 1.54) is 0 Å². The maximum atomic E-state index is 6.10. The molecule has 2 aromatic carbocycles. The second-order valence-corrected chi connectivity index (χ2v) is 5.63. The van der Waals surface area contributed by atoms with E-state index in [2.05, 4.69) is 15.9 Å². The summed E-state index contributed by atoms with van der Waals surface area (Å²) in [6, 6.07) is 16.0. The zero-order valence-corrected chi connectivity index (χ0v) is 12.7. The predicted molar refractivity (Wildman–Crippen MR) is 82.3 cm³/mol. The molecule has 2 unspecified atom stereocenters. The van der Waals surface area contributed by atoms with E-state index in [4.69, 9.17) is 10.5 Å². The fourth-order valence-corrected chi connectivity index (χ4v) is 2.48. The van der Waals surface area contributed by atoms with Crippen LogP contribution in [0.25, 0.3) is 0 Å². The fourth-order valence-electron chi connectivity index (χ4n) is 2.00. The van der Waals surface area contributed by atoms with Crippen molar-refractivity contribution >= 4 is 15.9 Å². The monoisotopic (exact) mass is 319 g/mol. The van der Waals surface area contributed by atoms with Crippen molar-refractivity contribution in [3.63, 3.8) is 0 Å². The molecule has 0 radical (unpaired) electrons. The summed E-state index contributed by atoms with van der Waals surface area (Å²) in [7, 11) is 0. The quantitative estimate of drug-likeness (QED) is 0.915. The number of aryl methyl sites for hydroxylation is 1. The highest BCUT2D eigenvalue weighted by Crippen LogP contribution is 2.28. The average molecular weight is 320 g/mol. The number of ether oxygens (including phenoxy) is 1. The summed E-state index contributed by atoms with van der Waals surface area (Å²) in [6.07, 6.45) is -0.138. The Morgan fingerprint density at radius 3 is 2.37 bits per heavy atom. The minimum Gasteiger partial charge on any atom is -0.484 e. The third-order valence-corrected chi connectivity index (χ3v) is 3.49. The molecular formula is C16H18BrNO. The summed E-state index contributed by atoms with van der Waals surface area (Å²) in [5.74, 6) is 0.870. The van der Waals surface area contributed by atoms with Gasteiger partial charge in [0.15, 0.2) is 0 Å². The van der Waals surface area contributed by atoms with E-state index in [-0.39, 0.29) is 12.1 Å². The molecule has 0 saturated carbocycles. The molecule has 2 N–H and O–H groups in total. The SMILES string of the molecule is Cc1cc(Br)ccc1OC(c1ccccc1)C(C)N. The van der Waals surface area contributed by atoms with Gasteiger partial charge in [0.25, 0.3) is 0 Å². The molecule has 2 atom stereocenters. The van der Waals surface area contributed by atoms with Crippen molar-refractivity contribution in [1.82, 2.24) is 0 Å². The van der Waals surface area contributed by atoms with Gasteiger partial charge < -0.3 is 10.5 Å². The standard InChI is InChI=1S/C16H18BrNO/c1-11-10-14(17)8-9-15(11)19-16(12(2)18)13-6-4-3-5-7-13/h3-10,12,16H,18H2,1-2H3. The molecule has 2 rings (SSSR count). The van der Waals surface area contributed by atoms with Crippen molar-refractivity contribution in [2.24, 2.45) is 5.73 Å². The molecular weight excluding hydrogens is 302 g/mol. The number of benzene rings is 2.